The van der Waals surface area contributed by atoms with Crippen LogP contribution in [0.25, 0.3) is 0 Å². The van der Waals surface area contributed by atoms with E-state index < -0.39 is 0 Å². The first-order valence-corrected chi connectivity index (χ1v) is 7.58. The van der Waals surface area contributed by atoms with Crippen LogP contribution in [0.3, 0.4) is 0 Å². The summed E-state index contributed by atoms with van der Waals surface area (Å²) in [7, 11) is 0. The minimum Gasteiger partial charge on any atom is -0.454 e. The molecule has 0 spiro atoms. The van der Waals surface area contributed by atoms with E-state index in [1.165, 1.54) is 0 Å². The first-order valence-electron chi connectivity index (χ1n) is 7.58. The van der Waals surface area contributed by atoms with Crippen LogP contribution in [-0.4, -0.2) is 35.7 Å². The predicted octanol–water partition coefficient (Wildman–Crippen LogP) is 1.75. The average molecular weight is 315 g/mol. The molecule has 1 fully saturated rings. The molecule has 1 saturated heterocycles. The normalized spacial score (nSPS) is 19.0. The molecule has 7 nitrogen and oxygen atoms in total. The first kappa shape index (κ1) is 14.1. The fraction of sp³-hybridized carbons (Fsp3) is 0.375. The van der Waals surface area contributed by atoms with Crippen LogP contribution in [0.1, 0.15) is 18.0 Å². The number of carbonyl (C=O) groups excluding carboxylic acids is 1. The Morgan fingerprint density at radius 1 is 1.35 bits per heavy atom. The van der Waals surface area contributed by atoms with Crippen LogP contribution < -0.4 is 14.8 Å². The Balaban J connectivity index is 1.38. The van der Waals surface area contributed by atoms with E-state index in [1.807, 2.05) is 29.1 Å². The summed E-state index contributed by atoms with van der Waals surface area (Å²) in [5.41, 5.74) is 1.57. The van der Waals surface area contributed by atoms with Crippen LogP contribution in [0.4, 0.5) is 5.69 Å². The third-order valence-electron chi connectivity index (χ3n) is 3.97. The number of ether oxygens (including phenoxy) is 3. The maximum absolute atomic E-state index is 12.2. The van der Waals surface area contributed by atoms with Crippen LogP contribution in [-0.2, 0) is 16.0 Å². The SMILES string of the molecule is O=C(Cc1ccc2c(c1)OCO2)Nc1cnn([C@H]2CCOC2)c1. The summed E-state index contributed by atoms with van der Waals surface area (Å²) in [6, 6.07) is 5.78. The van der Waals surface area contributed by atoms with Crippen molar-refractivity contribution in [3.8, 4) is 11.5 Å². The number of fused-ring (bicyclic) bond motifs is 1. The maximum Gasteiger partial charge on any atom is 0.231 e. The Hall–Kier alpha value is -2.54. The monoisotopic (exact) mass is 315 g/mol. The van der Waals surface area contributed by atoms with Gasteiger partial charge in [-0.15, -0.1) is 0 Å². The van der Waals surface area contributed by atoms with Crippen molar-refractivity contribution >= 4 is 11.6 Å². The third kappa shape index (κ3) is 3.00. The standard InChI is InChI=1S/C16H17N3O4/c20-16(6-11-1-2-14-15(5-11)23-10-22-14)18-12-7-17-19(8-12)13-3-4-21-9-13/h1-2,5,7-8,13H,3-4,6,9-10H2,(H,18,20)/t13-/m0/s1. The fourth-order valence-corrected chi connectivity index (χ4v) is 2.77. The molecule has 1 aromatic heterocycles. The van der Waals surface area contributed by atoms with Gasteiger partial charge in [-0.3, -0.25) is 9.48 Å². The van der Waals surface area contributed by atoms with E-state index in [0.717, 1.165) is 18.6 Å². The van der Waals surface area contributed by atoms with Crippen molar-refractivity contribution < 1.29 is 19.0 Å². The maximum atomic E-state index is 12.2. The molecular formula is C16H17N3O4. The van der Waals surface area contributed by atoms with E-state index in [9.17, 15) is 4.79 Å². The van der Waals surface area contributed by atoms with Crippen molar-refractivity contribution in [1.29, 1.82) is 0 Å². The highest BCUT2D eigenvalue weighted by molar-refractivity contribution is 5.92. The van der Waals surface area contributed by atoms with Gasteiger partial charge < -0.3 is 19.5 Å². The lowest BCUT2D eigenvalue weighted by molar-refractivity contribution is -0.115. The van der Waals surface area contributed by atoms with E-state index >= 15 is 0 Å². The van der Waals surface area contributed by atoms with Gasteiger partial charge in [-0.05, 0) is 24.1 Å². The molecule has 23 heavy (non-hydrogen) atoms. The molecule has 0 bridgehead atoms. The summed E-state index contributed by atoms with van der Waals surface area (Å²) in [5, 5.41) is 7.16. The largest absolute Gasteiger partial charge is 0.454 e. The highest BCUT2D eigenvalue weighted by atomic mass is 16.7. The van der Waals surface area contributed by atoms with E-state index in [2.05, 4.69) is 10.4 Å². The van der Waals surface area contributed by atoms with Gasteiger partial charge in [0.15, 0.2) is 11.5 Å². The number of nitrogens with one attached hydrogen (secondary N) is 1. The van der Waals surface area contributed by atoms with E-state index in [0.29, 0.717) is 23.8 Å². The Labute approximate surface area is 133 Å². The van der Waals surface area contributed by atoms with Gasteiger partial charge in [0.2, 0.25) is 12.7 Å². The molecule has 2 aliphatic rings. The Kier molecular flexibility index (Phi) is 3.63. The number of rotatable bonds is 4. The number of hydrogen-bond acceptors (Lipinski definition) is 5. The summed E-state index contributed by atoms with van der Waals surface area (Å²) in [6.45, 7) is 1.66. The lowest BCUT2D eigenvalue weighted by Crippen LogP contribution is -2.14. The topological polar surface area (TPSA) is 74.6 Å². The second kappa shape index (κ2) is 5.92. The molecule has 0 saturated carbocycles. The Morgan fingerprint density at radius 2 is 2.26 bits per heavy atom. The van der Waals surface area contributed by atoms with Crippen molar-refractivity contribution in [3.63, 3.8) is 0 Å². The van der Waals surface area contributed by atoms with Crippen LogP contribution in [0, 0.1) is 0 Å². The van der Waals surface area contributed by atoms with Gasteiger partial charge >= 0.3 is 0 Å². The molecule has 1 atom stereocenters. The smallest absolute Gasteiger partial charge is 0.231 e. The molecule has 0 radical (unpaired) electrons. The number of anilines is 1. The van der Waals surface area contributed by atoms with Crippen molar-refractivity contribution in [3.05, 3.63) is 36.2 Å². The van der Waals surface area contributed by atoms with Gasteiger partial charge in [0.25, 0.3) is 0 Å². The zero-order chi connectivity index (χ0) is 15.6. The molecule has 1 aromatic carbocycles. The molecule has 4 rings (SSSR count). The zero-order valence-electron chi connectivity index (χ0n) is 12.5. The summed E-state index contributed by atoms with van der Waals surface area (Å²) in [5.74, 6) is 1.31. The molecule has 3 heterocycles. The van der Waals surface area contributed by atoms with Crippen molar-refractivity contribution in [1.82, 2.24) is 9.78 Å². The second-order valence-corrected chi connectivity index (χ2v) is 5.64. The molecule has 2 aliphatic heterocycles. The molecule has 0 aliphatic carbocycles. The van der Waals surface area contributed by atoms with Gasteiger partial charge in [-0.1, -0.05) is 6.07 Å². The first-order chi connectivity index (χ1) is 11.3. The molecule has 7 heteroatoms. The van der Waals surface area contributed by atoms with Gasteiger partial charge in [0, 0.05) is 12.8 Å². The second-order valence-electron chi connectivity index (χ2n) is 5.64. The summed E-state index contributed by atoms with van der Waals surface area (Å²) in [4.78, 5) is 12.2. The van der Waals surface area contributed by atoms with Crippen LogP contribution >= 0.6 is 0 Å². The summed E-state index contributed by atoms with van der Waals surface area (Å²) < 4.78 is 17.8. The van der Waals surface area contributed by atoms with Gasteiger partial charge in [-0.25, -0.2) is 0 Å². The quantitative estimate of drug-likeness (QED) is 0.930. The number of carbonyl (C=O) groups is 1. The van der Waals surface area contributed by atoms with E-state index in [-0.39, 0.29) is 25.2 Å². The summed E-state index contributed by atoms with van der Waals surface area (Å²) in [6.07, 6.45) is 4.73. The van der Waals surface area contributed by atoms with E-state index in [4.69, 9.17) is 14.2 Å². The molecule has 2 aromatic rings. The summed E-state index contributed by atoms with van der Waals surface area (Å²) >= 11 is 0. The highest BCUT2D eigenvalue weighted by Crippen LogP contribution is 2.32. The number of benzene rings is 1. The minimum absolute atomic E-state index is 0.0916. The fourth-order valence-electron chi connectivity index (χ4n) is 2.77. The van der Waals surface area contributed by atoms with Crippen LogP contribution in [0.15, 0.2) is 30.6 Å². The average Bonchev–Trinajstić information content (AvgIpc) is 3.27. The van der Waals surface area contributed by atoms with Crippen molar-refractivity contribution in [2.45, 2.75) is 18.9 Å². The van der Waals surface area contributed by atoms with Crippen molar-refractivity contribution in [2.75, 3.05) is 25.3 Å². The number of aromatic nitrogens is 2. The third-order valence-corrected chi connectivity index (χ3v) is 3.97. The van der Waals surface area contributed by atoms with Gasteiger partial charge in [0.05, 0.1) is 31.0 Å². The zero-order valence-corrected chi connectivity index (χ0v) is 12.5. The van der Waals surface area contributed by atoms with Crippen molar-refractivity contribution in [2.24, 2.45) is 0 Å². The molecule has 1 amide bonds. The number of nitrogens with zero attached hydrogens (tertiary/aromatic N) is 2. The molecule has 1 N–H and O–H groups in total. The molecule has 0 unspecified atom stereocenters. The lowest BCUT2D eigenvalue weighted by atomic mass is 10.1. The van der Waals surface area contributed by atoms with Crippen LogP contribution in [0.2, 0.25) is 0 Å². The highest BCUT2D eigenvalue weighted by Gasteiger charge is 2.19. The van der Waals surface area contributed by atoms with Crippen LogP contribution in [0.5, 0.6) is 11.5 Å². The van der Waals surface area contributed by atoms with Gasteiger partial charge in [-0.2, -0.15) is 5.10 Å². The number of hydrogen-bond donors (Lipinski definition) is 1. The Morgan fingerprint density at radius 3 is 3.13 bits per heavy atom. The molecule has 120 valence electrons. The van der Waals surface area contributed by atoms with E-state index in [1.54, 1.807) is 6.20 Å². The number of amides is 1. The molecular weight excluding hydrogens is 298 g/mol. The lowest BCUT2D eigenvalue weighted by Gasteiger charge is -2.07. The Bertz CT molecular complexity index is 722. The minimum atomic E-state index is -0.0916. The van der Waals surface area contributed by atoms with Gasteiger partial charge in [0.1, 0.15) is 0 Å². The predicted molar refractivity (Wildman–Crippen MR) is 81.6 cm³/mol.